The maximum Gasteiger partial charge on any atom is 0.268 e. The van der Waals surface area contributed by atoms with E-state index in [1.54, 1.807) is 28.5 Å². The summed E-state index contributed by atoms with van der Waals surface area (Å²) in [7, 11) is 0. The minimum atomic E-state index is -0.308. The van der Waals surface area contributed by atoms with Crippen LogP contribution in [0.3, 0.4) is 0 Å². The predicted octanol–water partition coefficient (Wildman–Crippen LogP) is 3.49. The molecule has 5 nitrogen and oxygen atoms in total. The SMILES string of the molecule is O=C(CSc1nc2c(c(=O)n1Cc1ccccc1)SCC2)NCc1ccc(F)cc1. The number of carbonyl (C=O) groups is 1. The Hall–Kier alpha value is -2.58. The van der Waals surface area contributed by atoms with Gasteiger partial charge in [-0.15, -0.1) is 11.8 Å². The average Bonchev–Trinajstić information content (AvgIpc) is 3.24. The molecule has 0 spiro atoms. The molecule has 4 rings (SSSR count). The van der Waals surface area contributed by atoms with Gasteiger partial charge in [0.15, 0.2) is 5.16 Å². The third-order valence-electron chi connectivity index (χ3n) is 4.67. The van der Waals surface area contributed by atoms with E-state index in [9.17, 15) is 14.0 Å². The highest BCUT2D eigenvalue weighted by Gasteiger charge is 2.22. The molecule has 0 unspecified atom stereocenters. The molecule has 0 saturated heterocycles. The first-order chi connectivity index (χ1) is 14.6. The molecule has 0 aliphatic carbocycles. The molecular formula is C22H20FN3O2S2. The fourth-order valence-electron chi connectivity index (χ4n) is 3.12. The Morgan fingerprint density at radius 2 is 1.90 bits per heavy atom. The average molecular weight is 442 g/mol. The van der Waals surface area contributed by atoms with Crippen LogP contribution in [0.4, 0.5) is 4.39 Å². The van der Waals surface area contributed by atoms with Crippen molar-refractivity contribution in [1.29, 1.82) is 0 Å². The van der Waals surface area contributed by atoms with E-state index in [2.05, 4.69) is 5.32 Å². The summed E-state index contributed by atoms with van der Waals surface area (Å²) < 4.78 is 14.6. The third kappa shape index (κ3) is 4.94. The number of aromatic nitrogens is 2. The molecule has 0 radical (unpaired) electrons. The van der Waals surface area contributed by atoms with Gasteiger partial charge in [-0.05, 0) is 23.3 Å². The zero-order valence-electron chi connectivity index (χ0n) is 16.1. The van der Waals surface area contributed by atoms with Gasteiger partial charge >= 0.3 is 0 Å². The van der Waals surface area contributed by atoms with Crippen LogP contribution in [0, 0.1) is 5.82 Å². The van der Waals surface area contributed by atoms with Gasteiger partial charge in [-0.3, -0.25) is 14.2 Å². The van der Waals surface area contributed by atoms with Crippen LogP contribution in [-0.4, -0.2) is 27.0 Å². The van der Waals surface area contributed by atoms with Crippen molar-refractivity contribution in [2.75, 3.05) is 11.5 Å². The summed E-state index contributed by atoms with van der Waals surface area (Å²) in [5.74, 6) is 0.529. The molecule has 0 bridgehead atoms. The number of carbonyl (C=O) groups excluding carboxylic acids is 1. The Balaban J connectivity index is 1.47. The van der Waals surface area contributed by atoms with Gasteiger partial charge in [0.05, 0.1) is 22.9 Å². The quantitative estimate of drug-likeness (QED) is 0.449. The lowest BCUT2D eigenvalue weighted by atomic mass is 10.2. The number of hydrogen-bond donors (Lipinski definition) is 1. The van der Waals surface area contributed by atoms with Crippen molar-refractivity contribution in [2.45, 2.75) is 29.6 Å². The van der Waals surface area contributed by atoms with Gasteiger partial charge in [0, 0.05) is 18.7 Å². The molecule has 2 aromatic carbocycles. The van der Waals surface area contributed by atoms with Gasteiger partial charge in [-0.25, -0.2) is 9.37 Å². The second-order valence-corrected chi connectivity index (χ2v) is 8.89. The van der Waals surface area contributed by atoms with E-state index in [1.165, 1.54) is 23.9 Å². The Bertz CT molecular complexity index is 1100. The van der Waals surface area contributed by atoms with Crippen molar-refractivity contribution in [3.8, 4) is 0 Å². The molecule has 30 heavy (non-hydrogen) atoms. The van der Waals surface area contributed by atoms with Crippen LogP contribution in [-0.2, 0) is 24.3 Å². The van der Waals surface area contributed by atoms with Gasteiger partial charge in [0.2, 0.25) is 5.91 Å². The van der Waals surface area contributed by atoms with Crippen molar-refractivity contribution < 1.29 is 9.18 Å². The van der Waals surface area contributed by atoms with Crippen LogP contribution >= 0.6 is 23.5 Å². The molecule has 0 fully saturated rings. The molecule has 1 amide bonds. The number of rotatable bonds is 7. The van der Waals surface area contributed by atoms with Gasteiger partial charge < -0.3 is 5.32 Å². The number of fused-ring (bicyclic) bond motifs is 1. The number of hydrogen-bond acceptors (Lipinski definition) is 5. The summed E-state index contributed by atoms with van der Waals surface area (Å²) in [6.07, 6.45) is 0.770. The van der Waals surface area contributed by atoms with Crippen molar-refractivity contribution in [3.63, 3.8) is 0 Å². The number of benzene rings is 2. The minimum absolute atomic E-state index is 0.0411. The number of nitrogens with zero attached hydrogens (tertiary/aromatic N) is 2. The van der Waals surface area contributed by atoms with E-state index in [4.69, 9.17) is 4.98 Å². The summed E-state index contributed by atoms with van der Waals surface area (Å²) in [4.78, 5) is 30.8. The Labute approximate surface area is 182 Å². The summed E-state index contributed by atoms with van der Waals surface area (Å²) in [6, 6.07) is 15.8. The van der Waals surface area contributed by atoms with Gasteiger partial charge in [0.25, 0.3) is 5.56 Å². The first-order valence-corrected chi connectivity index (χ1v) is 11.5. The standard InChI is InChI=1S/C22H20FN3O2S2/c23-17-8-6-15(7-9-17)12-24-19(27)14-30-22-25-18-10-11-29-20(18)21(28)26(22)13-16-4-2-1-3-5-16/h1-9H,10-14H2,(H,24,27). The Morgan fingerprint density at radius 3 is 2.67 bits per heavy atom. The van der Waals surface area contributed by atoms with E-state index in [-0.39, 0.29) is 23.0 Å². The first kappa shape index (κ1) is 20.7. The molecule has 2 heterocycles. The minimum Gasteiger partial charge on any atom is -0.351 e. The molecule has 1 N–H and O–H groups in total. The second-order valence-electron chi connectivity index (χ2n) is 6.84. The topological polar surface area (TPSA) is 64.0 Å². The summed E-state index contributed by atoms with van der Waals surface area (Å²) in [5, 5.41) is 3.38. The molecule has 8 heteroatoms. The van der Waals surface area contributed by atoms with Crippen LogP contribution in [0.5, 0.6) is 0 Å². The highest BCUT2D eigenvalue weighted by Crippen LogP contribution is 2.29. The summed E-state index contributed by atoms with van der Waals surface area (Å²) in [5.41, 5.74) is 2.61. The summed E-state index contributed by atoms with van der Waals surface area (Å²) >= 11 is 2.81. The number of amides is 1. The number of thioether (sulfide) groups is 2. The van der Waals surface area contributed by atoms with E-state index < -0.39 is 0 Å². The largest absolute Gasteiger partial charge is 0.351 e. The van der Waals surface area contributed by atoms with Crippen molar-refractivity contribution in [1.82, 2.24) is 14.9 Å². The molecule has 154 valence electrons. The lowest BCUT2D eigenvalue weighted by Crippen LogP contribution is -2.28. The van der Waals surface area contributed by atoms with Gasteiger partial charge in [0.1, 0.15) is 5.82 Å². The summed E-state index contributed by atoms with van der Waals surface area (Å²) in [6.45, 7) is 0.741. The fourth-order valence-corrected chi connectivity index (χ4v) is 5.01. The molecule has 0 saturated carbocycles. The fraction of sp³-hybridized carbons (Fsp3) is 0.227. The smallest absolute Gasteiger partial charge is 0.268 e. The normalized spacial score (nSPS) is 12.6. The van der Waals surface area contributed by atoms with E-state index >= 15 is 0 Å². The molecule has 1 aliphatic rings. The third-order valence-corrected chi connectivity index (χ3v) is 6.75. The lowest BCUT2D eigenvalue weighted by Gasteiger charge is -2.14. The number of nitrogens with one attached hydrogen (secondary N) is 1. The first-order valence-electron chi connectivity index (χ1n) is 9.54. The highest BCUT2D eigenvalue weighted by atomic mass is 32.2. The monoisotopic (exact) mass is 441 g/mol. The van der Waals surface area contributed by atoms with Crippen LogP contribution < -0.4 is 10.9 Å². The van der Waals surface area contributed by atoms with Gasteiger partial charge in [-0.1, -0.05) is 54.2 Å². The molecule has 0 atom stereocenters. The van der Waals surface area contributed by atoms with Crippen molar-refractivity contribution in [2.24, 2.45) is 0 Å². The van der Waals surface area contributed by atoms with Gasteiger partial charge in [-0.2, -0.15) is 0 Å². The maximum absolute atomic E-state index is 13.0. The van der Waals surface area contributed by atoms with Crippen molar-refractivity contribution in [3.05, 3.63) is 87.6 Å². The highest BCUT2D eigenvalue weighted by molar-refractivity contribution is 8.00. The zero-order valence-corrected chi connectivity index (χ0v) is 17.8. The maximum atomic E-state index is 13.0. The van der Waals surface area contributed by atoms with Crippen molar-refractivity contribution >= 4 is 29.4 Å². The zero-order chi connectivity index (χ0) is 20.9. The lowest BCUT2D eigenvalue weighted by molar-refractivity contribution is -0.118. The molecule has 1 aliphatic heterocycles. The second kappa shape index (κ2) is 9.49. The molecule has 1 aromatic heterocycles. The van der Waals surface area contributed by atoms with Crippen LogP contribution in [0.25, 0.3) is 0 Å². The van der Waals surface area contributed by atoms with E-state index in [0.717, 1.165) is 33.9 Å². The van der Waals surface area contributed by atoms with E-state index in [1.807, 2.05) is 30.3 Å². The number of aryl methyl sites for hydroxylation is 1. The molecule has 3 aromatic rings. The van der Waals surface area contributed by atoms with Crippen LogP contribution in [0.2, 0.25) is 0 Å². The predicted molar refractivity (Wildman–Crippen MR) is 117 cm³/mol. The molecular weight excluding hydrogens is 421 g/mol. The number of halogens is 1. The van der Waals surface area contributed by atoms with E-state index in [0.29, 0.717) is 18.2 Å². The van der Waals surface area contributed by atoms with Crippen LogP contribution in [0.15, 0.2) is 69.4 Å². The van der Waals surface area contributed by atoms with Crippen LogP contribution in [0.1, 0.15) is 16.8 Å². The Kier molecular flexibility index (Phi) is 6.54. The Morgan fingerprint density at radius 1 is 1.13 bits per heavy atom.